The fourth-order valence-electron chi connectivity index (χ4n) is 5.36. The molecular formula is C28H33N7O3. The number of nitrogens with one attached hydrogen (secondary N) is 3. The Bertz CT molecular complexity index is 1410. The second kappa shape index (κ2) is 10.3. The van der Waals surface area contributed by atoms with Crippen molar-refractivity contribution < 1.29 is 14.7 Å². The van der Waals surface area contributed by atoms with Gasteiger partial charge in [0.25, 0.3) is 17.8 Å². The molecule has 10 heteroatoms. The molecule has 0 unspecified atom stereocenters. The van der Waals surface area contributed by atoms with Gasteiger partial charge >= 0.3 is 0 Å². The smallest absolute Gasteiger partial charge is 0.270 e. The summed E-state index contributed by atoms with van der Waals surface area (Å²) in [6, 6.07) is 14.2. The van der Waals surface area contributed by atoms with Crippen molar-refractivity contribution in [2.75, 3.05) is 5.32 Å². The summed E-state index contributed by atoms with van der Waals surface area (Å²) in [6.45, 7) is 7.29. The molecule has 198 valence electrons. The van der Waals surface area contributed by atoms with Crippen LogP contribution >= 0.6 is 0 Å². The summed E-state index contributed by atoms with van der Waals surface area (Å²) in [6.07, 6.45) is 4.04. The molecule has 4 N–H and O–H groups in total. The highest BCUT2D eigenvalue weighted by molar-refractivity contribution is 6.03. The highest BCUT2D eigenvalue weighted by atomic mass is 16.3. The zero-order chi connectivity index (χ0) is 26.9. The zero-order valence-corrected chi connectivity index (χ0v) is 21.9. The number of tetrazole rings is 1. The van der Waals surface area contributed by atoms with Crippen LogP contribution in [-0.2, 0) is 6.54 Å². The first-order valence-electron chi connectivity index (χ1n) is 12.9. The molecule has 2 aromatic heterocycles. The number of nitrogens with zero attached hydrogens (tertiary/aromatic N) is 4. The Morgan fingerprint density at radius 3 is 2.45 bits per heavy atom. The van der Waals surface area contributed by atoms with Crippen molar-refractivity contribution in [2.24, 2.45) is 11.3 Å². The molecule has 4 aromatic rings. The van der Waals surface area contributed by atoms with E-state index in [1.807, 2.05) is 17.0 Å². The lowest BCUT2D eigenvalue weighted by atomic mass is 9.71. The predicted octanol–water partition coefficient (Wildman–Crippen LogP) is 4.89. The van der Waals surface area contributed by atoms with Crippen LogP contribution in [0, 0.1) is 11.3 Å². The fourth-order valence-corrected chi connectivity index (χ4v) is 5.36. The highest BCUT2D eigenvalue weighted by Gasteiger charge is 2.34. The number of fused-ring (bicyclic) bond motifs is 1. The zero-order valence-electron chi connectivity index (χ0n) is 21.9. The number of carbonyl (C=O) groups excluding carboxylic acids is 2. The van der Waals surface area contributed by atoms with Crippen molar-refractivity contribution in [1.29, 1.82) is 0 Å². The van der Waals surface area contributed by atoms with Gasteiger partial charge in [-0.25, -0.2) is 0 Å². The van der Waals surface area contributed by atoms with Gasteiger partial charge in [0.1, 0.15) is 11.4 Å². The summed E-state index contributed by atoms with van der Waals surface area (Å²) in [7, 11) is 0. The summed E-state index contributed by atoms with van der Waals surface area (Å²) in [5.41, 5.74) is 2.94. The van der Waals surface area contributed by atoms with Gasteiger partial charge in [-0.3, -0.25) is 14.9 Å². The summed E-state index contributed by atoms with van der Waals surface area (Å²) in [5, 5.41) is 26.4. The van der Waals surface area contributed by atoms with E-state index in [-0.39, 0.29) is 35.0 Å². The van der Waals surface area contributed by atoms with Gasteiger partial charge in [0.2, 0.25) is 0 Å². The van der Waals surface area contributed by atoms with Gasteiger partial charge in [-0.1, -0.05) is 38.0 Å². The number of aromatic hydroxyl groups is 1. The number of benzene rings is 2. The Labute approximate surface area is 220 Å². The van der Waals surface area contributed by atoms with Crippen LogP contribution < -0.4 is 5.32 Å². The average Bonchev–Trinajstić information content (AvgIpc) is 3.56. The maximum Gasteiger partial charge on any atom is 0.270 e. The number of aromatic amines is 2. The van der Waals surface area contributed by atoms with Gasteiger partial charge in [0.05, 0.1) is 0 Å². The van der Waals surface area contributed by atoms with Gasteiger partial charge in [-0.15, -0.1) is 5.10 Å². The molecule has 1 saturated carbocycles. The first-order valence-corrected chi connectivity index (χ1v) is 12.9. The van der Waals surface area contributed by atoms with Gasteiger partial charge in [-0.05, 0) is 84.2 Å². The summed E-state index contributed by atoms with van der Waals surface area (Å²) >= 11 is 0. The van der Waals surface area contributed by atoms with E-state index in [1.54, 1.807) is 36.4 Å². The van der Waals surface area contributed by atoms with Crippen molar-refractivity contribution in [3.05, 3.63) is 65.4 Å². The number of rotatable bonds is 6. The van der Waals surface area contributed by atoms with Crippen molar-refractivity contribution in [3.63, 3.8) is 0 Å². The van der Waals surface area contributed by atoms with Crippen LogP contribution in [0.1, 0.15) is 72.9 Å². The molecule has 0 radical (unpaired) electrons. The summed E-state index contributed by atoms with van der Waals surface area (Å²) in [5.74, 6) is 0.486. The topological polar surface area (TPSA) is 140 Å². The number of phenolic OH excluding ortho intramolecular Hbond substituents is 1. The maximum absolute atomic E-state index is 13.9. The number of amides is 2. The molecule has 2 heterocycles. The van der Waals surface area contributed by atoms with E-state index in [9.17, 15) is 14.7 Å². The summed E-state index contributed by atoms with van der Waals surface area (Å²) in [4.78, 5) is 31.6. The molecule has 1 fully saturated rings. The van der Waals surface area contributed by atoms with Gasteiger partial charge in [-0.2, -0.15) is 5.21 Å². The molecule has 5 rings (SSSR count). The molecule has 38 heavy (non-hydrogen) atoms. The average molecular weight is 516 g/mol. The van der Waals surface area contributed by atoms with E-state index < -0.39 is 0 Å². The quantitative estimate of drug-likeness (QED) is 0.288. The molecule has 1 aliphatic rings. The Kier molecular flexibility index (Phi) is 6.88. The second-order valence-electron chi connectivity index (χ2n) is 11.1. The van der Waals surface area contributed by atoms with Gasteiger partial charge in [0.15, 0.2) is 0 Å². The van der Waals surface area contributed by atoms with E-state index in [0.717, 1.165) is 42.1 Å². The van der Waals surface area contributed by atoms with Crippen LogP contribution in [0.2, 0.25) is 0 Å². The van der Waals surface area contributed by atoms with E-state index in [1.165, 1.54) is 0 Å². The molecule has 0 saturated heterocycles. The van der Waals surface area contributed by atoms with E-state index in [2.05, 4.69) is 51.7 Å². The largest absolute Gasteiger partial charge is 0.508 e. The van der Waals surface area contributed by atoms with Gasteiger partial charge in [0, 0.05) is 29.1 Å². The molecule has 2 amide bonds. The van der Waals surface area contributed by atoms with Crippen molar-refractivity contribution in [2.45, 2.75) is 59.0 Å². The van der Waals surface area contributed by atoms with Crippen LogP contribution in [-0.4, -0.2) is 53.5 Å². The van der Waals surface area contributed by atoms with Crippen molar-refractivity contribution in [1.82, 2.24) is 30.5 Å². The summed E-state index contributed by atoms with van der Waals surface area (Å²) < 4.78 is 0. The number of carbonyl (C=O) groups is 2. The Balaban J connectivity index is 1.37. The van der Waals surface area contributed by atoms with Crippen LogP contribution in [0.5, 0.6) is 5.75 Å². The van der Waals surface area contributed by atoms with E-state index in [4.69, 9.17) is 0 Å². The molecule has 0 aliphatic heterocycles. The normalized spacial score (nSPS) is 17.9. The number of hydrogen-bond donors (Lipinski definition) is 4. The van der Waals surface area contributed by atoms with E-state index in [0.29, 0.717) is 23.7 Å². The van der Waals surface area contributed by atoms with Crippen molar-refractivity contribution >= 4 is 28.7 Å². The number of anilines is 1. The van der Waals surface area contributed by atoms with Crippen molar-refractivity contribution in [3.8, 4) is 5.75 Å². The number of H-pyrrole nitrogens is 2. The van der Waals surface area contributed by atoms with Crippen LogP contribution in [0.15, 0.2) is 48.5 Å². The number of phenols is 1. The van der Waals surface area contributed by atoms with Gasteiger partial charge < -0.3 is 15.0 Å². The molecule has 0 atom stereocenters. The number of hydrogen-bond acceptors (Lipinski definition) is 6. The molecule has 1 aliphatic carbocycles. The molecule has 2 aromatic carbocycles. The third-order valence-electron chi connectivity index (χ3n) is 7.60. The molecule has 10 nitrogen and oxygen atoms in total. The minimum absolute atomic E-state index is 0.0705. The first kappa shape index (κ1) is 25.4. The molecular weight excluding hydrogens is 482 g/mol. The number of aromatic nitrogens is 5. The minimum Gasteiger partial charge on any atom is -0.508 e. The fraction of sp³-hybridized carbons (Fsp3) is 0.393. The van der Waals surface area contributed by atoms with Crippen LogP contribution in [0.3, 0.4) is 0 Å². The lowest BCUT2D eigenvalue weighted by molar-refractivity contribution is 0.0526. The first-order chi connectivity index (χ1) is 18.2. The highest BCUT2D eigenvalue weighted by Crippen LogP contribution is 2.39. The Morgan fingerprint density at radius 2 is 1.79 bits per heavy atom. The maximum atomic E-state index is 13.9. The molecule has 0 spiro atoms. The van der Waals surface area contributed by atoms with Crippen LogP contribution in [0.25, 0.3) is 10.9 Å². The monoisotopic (exact) mass is 515 g/mol. The standard InChI is InChI=1S/C28H33N7O3/c1-28(2,3)20-8-10-21(11-9-20)35(26(38)24-15-19-14-22(36)12-13-23(19)29-24)16-17-4-6-18(7-5-17)25(37)30-27-31-33-34-32-27/h4-7,12-15,20-21,29,36H,8-11,16H2,1-3H3,(H2,30,31,32,33,34,37). The SMILES string of the molecule is CC(C)(C)C1CCC(N(Cc2ccc(C(=O)Nc3nn[nH]n3)cc2)C(=O)c2cc3cc(O)ccc3[nH]2)CC1. The Hall–Kier alpha value is -4.21. The predicted molar refractivity (Wildman–Crippen MR) is 144 cm³/mol. The molecule has 0 bridgehead atoms. The van der Waals surface area contributed by atoms with E-state index >= 15 is 0 Å². The Morgan fingerprint density at radius 1 is 1.05 bits per heavy atom. The lowest BCUT2D eigenvalue weighted by Crippen LogP contribution is -2.43. The van der Waals surface area contributed by atoms with Crippen LogP contribution in [0.4, 0.5) is 5.95 Å². The minimum atomic E-state index is -0.340. The lowest BCUT2D eigenvalue weighted by Gasteiger charge is -2.41. The third kappa shape index (κ3) is 5.53. The third-order valence-corrected chi connectivity index (χ3v) is 7.60. The second-order valence-corrected chi connectivity index (χ2v) is 11.1.